The highest BCUT2D eigenvalue weighted by Crippen LogP contribution is 2.47. The summed E-state index contributed by atoms with van der Waals surface area (Å²) in [6.45, 7) is 1.30. The molecule has 1 fully saturated rings. The minimum atomic E-state index is -4.01. The first-order chi connectivity index (χ1) is 12.1. The van der Waals surface area contributed by atoms with Crippen molar-refractivity contribution in [2.24, 2.45) is 0 Å². The van der Waals surface area contributed by atoms with E-state index in [9.17, 15) is 22.0 Å². The van der Waals surface area contributed by atoms with E-state index in [0.29, 0.717) is 12.8 Å². The lowest BCUT2D eigenvalue weighted by molar-refractivity contribution is -0.114. The zero-order valence-electron chi connectivity index (χ0n) is 13.6. The molecule has 26 heavy (non-hydrogen) atoms. The lowest BCUT2D eigenvalue weighted by Gasteiger charge is -2.19. The van der Waals surface area contributed by atoms with Crippen molar-refractivity contribution in [2.75, 3.05) is 5.32 Å². The highest BCUT2D eigenvalue weighted by molar-refractivity contribution is 7.89. The maximum absolute atomic E-state index is 14.1. The quantitative estimate of drug-likeness (QED) is 0.806. The minimum Gasteiger partial charge on any atom is -0.325 e. The number of rotatable bonds is 5. The molecule has 0 bridgehead atoms. The van der Waals surface area contributed by atoms with Gasteiger partial charge < -0.3 is 5.32 Å². The summed E-state index contributed by atoms with van der Waals surface area (Å²) in [6.07, 6.45) is 0.791. The first-order valence-corrected chi connectivity index (χ1v) is 9.56. The Morgan fingerprint density at radius 2 is 1.85 bits per heavy atom. The van der Waals surface area contributed by atoms with E-state index in [4.69, 9.17) is 11.6 Å². The maximum atomic E-state index is 14.1. The second kappa shape index (κ2) is 6.61. The number of amides is 1. The molecule has 0 aromatic heterocycles. The number of carbonyl (C=O) groups excluding carboxylic acids is 1. The van der Waals surface area contributed by atoms with Crippen LogP contribution in [0.15, 0.2) is 41.3 Å². The van der Waals surface area contributed by atoms with Gasteiger partial charge in [0.05, 0.1) is 21.1 Å². The van der Waals surface area contributed by atoms with E-state index < -0.39 is 27.2 Å². The summed E-state index contributed by atoms with van der Waals surface area (Å²) in [7, 11) is -4.01. The number of benzene rings is 2. The Hall–Kier alpha value is -2.03. The second-order valence-electron chi connectivity index (χ2n) is 6.13. The molecule has 0 unspecified atom stereocenters. The number of nitrogens with one attached hydrogen (secondary N) is 2. The Morgan fingerprint density at radius 1 is 1.15 bits per heavy atom. The van der Waals surface area contributed by atoms with Crippen molar-refractivity contribution in [3.05, 3.63) is 58.6 Å². The molecule has 2 aromatic carbocycles. The fraction of sp³-hybridized carbons (Fsp3) is 0.235. The predicted octanol–water partition coefficient (Wildman–Crippen LogP) is 3.54. The molecule has 0 aliphatic heterocycles. The summed E-state index contributed by atoms with van der Waals surface area (Å²) in [4.78, 5) is 11.0. The molecule has 5 nitrogen and oxygen atoms in total. The van der Waals surface area contributed by atoms with Crippen LogP contribution in [0, 0.1) is 11.6 Å². The molecule has 2 N–H and O–H groups in total. The number of sulfonamides is 1. The largest absolute Gasteiger partial charge is 0.325 e. The van der Waals surface area contributed by atoms with Gasteiger partial charge in [-0.15, -0.1) is 0 Å². The molecule has 138 valence electrons. The molecule has 1 saturated carbocycles. The highest BCUT2D eigenvalue weighted by Gasteiger charge is 2.49. The van der Waals surface area contributed by atoms with Crippen molar-refractivity contribution in [3.63, 3.8) is 0 Å². The average Bonchev–Trinajstić information content (AvgIpc) is 3.28. The first-order valence-electron chi connectivity index (χ1n) is 7.70. The van der Waals surface area contributed by atoms with Crippen LogP contribution in [0.3, 0.4) is 0 Å². The summed E-state index contributed by atoms with van der Waals surface area (Å²) < 4.78 is 55.0. The van der Waals surface area contributed by atoms with E-state index >= 15 is 0 Å². The fourth-order valence-corrected chi connectivity index (χ4v) is 4.46. The van der Waals surface area contributed by atoms with Gasteiger partial charge in [-0.25, -0.2) is 21.9 Å². The van der Waals surface area contributed by atoms with Gasteiger partial charge in [-0.05, 0) is 37.1 Å². The van der Waals surface area contributed by atoms with Crippen molar-refractivity contribution in [3.8, 4) is 0 Å². The van der Waals surface area contributed by atoms with E-state index in [1.165, 1.54) is 31.2 Å². The number of hydrogen-bond donors (Lipinski definition) is 2. The number of halogens is 3. The van der Waals surface area contributed by atoms with E-state index in [-0.39, 0.29) is 27.1 Å². The SMILES string of the molecule is CC(=O)Nc1ccc(S(=O)(=O)NC2(c3ccc(F)cc3F)CC2)cc1Cl. The van der Waals surface area contributed by atoms with Gasteiger partial charge in [-0.1, -0.05) is 17.7 Å². The Labute approximate surface area is 154 Å². The molecular formula is C17H15ClF2N2O3S. The minimum absolute atomic E-state index is 0.0564. The van der Waals surface area contributed by atoms with Gasteiger partial charge >= 0.3 is 0 Å². The standard InChI is InChI=1S/C17H15ClF2N2O3S/c1-10(23)21-16-5-3-12(9-14(16)18)26(24,25)22-17(6-7-17)13-4-2-11(19)8-15(13)20/h2-5,8-9,22H,6-7H2,1H3,(H,21,23). The molecule has 0 radical (unpaired) electrons. The van der Waals surface area contributed by atoms with Crippen molar-refractivity contribution in [1.29, 1.82) is 0 Å². The molecule has 0 spiro atoms. The van der Waals surface area contributed by atoms with Gasteiger partial charge in [0.15, 0.2) is 0 Å². The van der Waals surface area contributed by atoms with Gasteiger partial charge in [0.1, 0.15) is 11.6 Å². The highest BCUT2D eigenvalue weighted by atomic mass is 35.5. The second-order valence-corrected chi connectivity index (χ2v) is 8.22. The van der Waals surface area contributed by atoms with Crippen molar-refractivity contribution in [1.82, 2.24) is 4.72 Å². The summed E-state index contributed by atoms with van der Waals surface area (Å²) in [5.74, 6) is -1.88. The van der Waals surface area contributed by atoms with Crippen molar-refractivity contribution >= 4 is 33.2 Å². The predicted molar refractivity (Wildman–Crippen MR) is 93.3 cm³/mol. The fourth-order valence-electron chi connectivity index (χ4n) is 2.70. The van der Waals surface area contributed by atoms with Gasteiger partial charge in [0, 0.05) is 18.6 Å². The Bertz CT molecular complexity index is 991. The van der Waals surface area contributed by atoms with Gasteiger partial charge in [0.25, 0.3) is 0 Å². The van der Waals surface area contributed by atoms with E-state index in [2.05, 4.69) is 10.0 Å². The van der Waals surface area contributed by atoms with Crippen LogP contribution in [0.1, 0.15) is 25.3 Å². The number of anilines is 1. The molecule has 9 heteroatoms. The summed E-state index contributed by atoms with van der Waals surface area (Å²) >= 11 is 6.02. The lowest BCUT2D eigenvalue weighted by atomic mass is 10.1. The normalized spacial score (nSPS) is 15.5. The van der Waals surface area contributed by atoms with Crippen LogP contribution >= 0.6 is 11.6 Å². The van der Waals surface area contributed by atoms with Crippen molar-refractivity contribution < 1.29 is 22.0 Å². The average molecular weight is 401 g/mol. The zero-order valence-corrected chi connectivity index (χ0v) is 15.2. The summed E-state index contributed by atoms with van der Waals surface area (Å²) in [6, 6.07) is 6.92. The van der Waals surface area contributed by atoms with Crippen LogP contribution in [-0.2, 0) is 20.4 Å². The number of carbonyl (C=O) groups is 1. The van der Waals surface area contributed by atoms with Crippen LogP contribution in [0.25, 0.3) is 0 Å². The van der Waals surface area contributed by atoms with Crippen LogP contribution in [0.5, 0.6) is 0 Å². The lowest BCUT2D eigenvalue weighted by Crippen LogP contribution is -2.35. The zero-order chi connectivity index (χ0) is 19.1. The van der Waals surface area contributed by atoms with Crippen LogP contribution in [-0.4, -0.2) is 14.3 Å². The van der Waals surface area contributed by atoms with Crippen LogP contribution < -0.4 is 10.0 Å². The molecule has 1 amide bonds. The number of hydrogen-bond acceptors (Lipinski definition) is 3. The third kappa shape index (κ3) is 3.72. The third-order valence-electron chi connectivity index (χ3n) is 4.09. The smallest absolute Gasteiger partial charge is 0.241 e. The van der Waals surface area contributed by atoms with E-state index in [1.54, 1.807) is 0 Å². The Balaban J connectivity index is 1.89. The van der Waals surface area contributed by atoms with Crippen molar-refractivity contribution in [2.45, 2.75) is 30.2 Å². The third-order valence-corrected chi connectivity index (χ3v) is 5.93. The molecule has 0 saturated heterocycles. The molecule has 3 rings (SSSR count). The molecule has 0 heterocycles. The van der Waals surface area contributed by atoms with E-state index in [1.807, 2.05) is 0 Å². The molecule has 2 aromatic rings. The Kier molecular flexibility index (Phi) is 4.76. The molecule has 1 aliphatic rings. The summed E-state index contributed by atoms with van der Waals surface area (Å²) in [5, 5.41) is 2.54. The first kappa shape index (κ1) is 18.8. The van der Waals surface area contributed by atoms with Gasteiger partial charge in [-0.2, -0.15) is 0 Å². The van der Waals surface area contributed by atoms with Gasteiger partial charge in [-0.3, -0.25) is 4.79 Å². The topological polar surface area (TPSA) is 75.3 Å². The van der Waals surface area contributed by atoms with Gasteiger partial charge in [0.2, 0.25) is 15.9 Å². The summed E-state index contributed by atoms with van der Waals surface area (Å²) in [5.41, 5.74) is -0.716. The maximum Gasteiger partial charge on any atom is 0.241 e. The van der Waals surface area contributed by atoms with Crippen LogP contribution in [0.4, 0.5) is 14.5 Å². The molecule has 0 atom stereocenters. The van der Waals surface area contributed by atoms with E-state index in [0.717, 1.165) is 12.1 Å². The van der Waals surface area contributed by atoms with Crippen LogP contribution in [0.2, 0.25) is 5.02 Å². The Morgan fingerprint density at radius 3 is 2.38 bits per heavy atom. The molecule has 1 aliphatic carbocycles. The monoisotopic (exact) mass is 400 g/mol. The molecular weight excluding hydrogens is 386 g/mol.